The van der Waals surface area contributed by atoms with Gasteiger partial charge in [-0.3, -0.25) is 0 Å². The molecule has 0 bridgehead atoms. The molecule has 2 heterocycles. The van der Waals surface area contributed by atoms with Crippen LogP contribution in [0.3, 0.4) is 0 Å². The summed E-state index contributed by atoms with van der Waals surface area (Å²) in [5.74, 6) is 1.51. The highest BCUT2D eigenvalue weighted by Gasteiger charge is 2.12. The van der Waals surface area contributed by atoms with Crippen molar-refractivity contribution in [3.8, 4) is 11.5 Å². The number of H-pyrrole nitrogens is 1. The van der Waals surface area contributed by atoms with Crippen LogP contribution in [0.1, 0.15) is 18.9 Å². The third-order valence-corrected chi connectivity index (χ3v) is 3.12. The quantitative estimate of drug-likeness (QED) is 0.792. The van der Waals surface area contributed by atoms with E-state index in [4.69, 9.17) is 4.74 Å². The number of para-hydroxylation sites is 1. The Morgan fingerprint density at radius 1 is 1.25 bits per heavy atom. The fourth-order valence-electron chi connectivity index (χ4n) is 2.21. The van der Waals surface area contributed by atoms with Gasteiger partial charge >= 0.3 is 5.69 Å². The van der Waals surface area contributed by atoms with E-state index in [1.807, 2.05) is 36.4 Å². The van der Waals surface area contributed by atoms with Crippen molar-refractivity contribution in [3.05, 3.63) is 58.6 Å². The number of nitrogens with zero attached hydrogens (tertiary/aromatic N) is 2. The van der Waals surface area contributed by atoms with Crippen LogP contribution in [0.4, 0.5) is 0 Å². The molecule has 0 atom stereocenters. The number of aryl methyl sites for hydroxylation is 1. The van der Waals surface area contributed by atoms with E-state index in [2.05, 4.69) is 17.1 Å². The maximum atomic E-state index is 11.6. The standard InChI is InChI=1S/C15H15N3O2/c1-2-6-12-13(20-11-7-4-3-5-8-11)9-10-18-14(12)16-17-15(18)19/h3-5,7-10H,2,6H2,1H3,(H,17,19). The molecule has 3 aromatic rings. The number of nitrogens with one attached hydrogen (secondary N) is 1. The molecule has 102 valence electrons. The molecule has 0 aliphatic carbocycles. The van der Waals surface area contributed by atoms with Crippen molar-refractivity contribution in [1.29, 1.82) is 0 Å². The van der Waals surface area contributed by atoms with E-state index >= 15 is 0 Å². The van der Waals surface area contributed by atoms with Gasteiger partial charge in [-0.1, -0.05) is 31.5 Å². The van der Waals surface area contributed by atoms with Crippen molar-refractivity contribution in [1.82, 2.24) is 14.6 Å². The average molecular weight is 269 g/mol. The zero-order valence-electron chi connectivity index (χ0n) is 11.2. The fourth-order valence-corrected chi connectivity index (χ4v) is 2.21. The summed E-state index contributed by atoms with van der Waals surface area (Å²) in [6, 6.07) is 11.4. The van der Waals surface area contributed by atoms with Crippen LogP contribution in [-0.2, 0) is 6.42 Å². The molecule has 0 amide bonds. The molecule has 0 saturated carbocycles. The summed E-state index contributed by atoms with van der Waals surface area (Å²) in [6.45, 7) is 2.08. The predicted molar refractivity (Wildman–Crippen MR) is 76.3 cm³/mol. The maximum Gasteiger partial charge on any atom is 0.347 e. The molecule has 5 nitrogen and oxygen atoms in total. The Kier molecular flexibility index (Phi) is 3.25. The minimum atomic E-state index is -0.233. The van der Waals surface area contributed by atoms with Crippen molar-refractivity contribution in [2.45, 2.75) is 19.8 Å². The summed E-state index contributed by atoms with van der Waals surface area (Å²) in [6.07, 6.45) is 3.43. The lowest BCUT2D eigenvalue weighted by Crippen LogP contribution is -2.09. The minimum Gasteiger partial charge on any atom is -0.457 e. The summed E-state index contributed by atoms with van der Waals surface area (Å²) in [4.78, 5) is 11.6. The van der Waals surface area contributed by atoms with Crippen molar-refractivity contribution < 1.29 is 4.74 Å². The number of fused-ring (bicyclic) bond motifs is 1. The molecule has 1 N–H and O–H groups in total. The fraction of sp³-hybridized carbons (Fsp3) is 0.200. The van der Waals surface area contributed by atoms with Gasteiger partial charge in [0.2, 0.25) is 0 Å². The lowest BCUT2D eigenvalue weighted by molar-refractivity contribution is 0.475. The monoisotopic (exact) mass is 269 g/mol. The van der Waals surface area contributed by atoms with Crippen LogP contribution >= 0.6 is 0 Å². The molecule has 0 saturated heterocycles. The molecule has 2 aromatic heterocycles. The van der Waals surface area contributed by atoms with Gasteiger partial charge in [0.1, 0.15) is 11.5 Å². The number of hydrogen-bond acceptors (Lipinski definition) is 3. The smallest absolute Gasteiger partial charge is 0.347 e. The van der Waals surface area contributed by atoms with E-state index in [-0.39, 0.29) is 5.69 Å². The van der Waals surface area contributed by atoms with Gasteiger partial charge in [0, 0.05) is 11.8 Å². The second-order valence-electron chi connectivity index (χ2n) is 4.55. The molecule has 0 aliphatic rings. The number of benzene rings is 1. The number of aromatic nitrogens is 3. The molecular weight excluding hydrogens is 254 g/mol. The van der Waals surface area contributed by atoms with Crippen LogP contribution in [0.5, 0.6) is 11.5 Å². The summed E-state index contributed by atoms with van der Waals surface area (Å²) in [7, 11) is 0. The molecule has 0 unspecified atom stereocenters. The van der Waals surface area contributed by atoms with E-state index in [1.165, 1.54) is 4.40 Å². The number of aromatic amines is 1. The van der Waals surface area contributed by atoms with Gasteiger partial charge in [0.25, 0.3) is 0 Å². The van der Waals surface area contributed by atoms with Crippen molar-refractivity contribution in [2.24, 2.45) is 0 Å². The Hall–Kier alpha value is -2.56. The van der Waals surface area contributed by atoms with Gasteiger partial charge in [0.15, 0.2) is 5.65 Å². The van der Waals surface area contributed by atoms with Crippen LogP contribution in [0.2, 0.25) is 0 Å². The van der Waals surface area contributed by atoms with E-state index in [0.29, 0.717) is 5.65 Å². The topological polar surface area (TPSA) is 59.4 Å². The van der Waals surface area contributed by atoms with Gasteiger partial charge in [0.05, 0.1) is 0 Å². The highest BCUT2D eigenvalue weighted by molar-refractivity contribution is 5.55. The minimum absolute atomic E-state index is 0.233. The zero-order valence-corrected chi connectivity index (χ0v) is 11.2. The van der Waals surface area contributed by atoms with Crippen LogP contribution in [0, 0.1) is 0 Å². The van der Waals surface area contributed by atoms with Crippen LogP contribution in [-0.4, -0.2) is 14.6 Å². The molecule has 0 fully saturated rings. The second kappa shape index (κ2) is 5.21. The molecule has 0 aliphatic heterocycles. The average Bonchev–Trinajstić information content (AvgIpc) is 2.84. The lowest BCUT2D eigenvalue weighted by Gasteiger charge is -2.11. The number of ether oxygens (including phenoxy) is 1. The van der Waals surface area contributed by atoms with E-state index in [0.717, 1.165) is 29.9 Å². The third kappa shape index (κ3) is 2.18. The summed E-state index contributed by atoms with van der Waals surface area (Å²) < 4.78 is 7.41. The van der Waals surface area contributed by atoms with Gasteiger partial charge < -0.3 is 4.74 Å². The van der Waals surface area contributed by atoms with Gasteiger partial charge in [-0.2, -0.15) is 5.10 Å². The predicted octanol–water partition coefficient (Wildman–Crippen LogP) is 2.77. The molecule has 0 spiro atoms. The lowest BCUT2D eigenvalue weighted by atomic mass is 10.1. The van der Waals surface area contributed by atoms with Gasteiger partial charge in [-0.05, 0) is 24.6 Å². The van der Waals surface area contributed by atoms with Gasteiger partial charge in [-0.15, -0.1) is 0 Å². The summed E-state index contributed by atoms with van der Waals surface area (Å²) >= 11 is 0. The van der Waals surface area contributed by atoms with Crippen LogP contribution in [0.15, 0.2) is 47.4 Å². The maximum absolute atomic E-state index is 11.6. The second-order valence-corrected chi connectivity index (χ2v) is 4.55. The number of hydrogen-bond donors (Lipinski definition) is 1. The molecule has 1 aromatic carbocycles. The van der Waals surface area contributed by atoms with Crippen molar-refractivity contribution >= 4 is 5.65 Å². The highest BCUT2D eigenvalue weighted by Crippen LogP contribution is 2.27. The number of pyridine rings is 1. The Labute approximate surface area is 115 Å². The Morgan fingerprint density at radius 2 is 2.05 bits per heavy atom. The Morgan fingerprint density at radius 3 is 2.80 bits per heavy atom. The Balaban J connectivity index is 2.10. The van der Waals surface area contributed by atoms with E-state index in [9.17, 15) is 4.79 Å². The molecule has 5 heteroatoms. The summed E-state index contributed by atoms with van der Waals surface area (Å²) in [5, 5.41) is 6.55. The largest absolute Gasteiger partial charge is 0.457 e. The Bertz CT molecular complexity index is 775. The zero-order chi connectivity index (χ0) is 13.9. The van der Waals surface area contributed by atoms with E-state index < -0.39 is 0 Å². The first-order valence-electron chi connectivity index (χ1n) is 6.61. The third-order valence-electron chi connectivity index (χ3n) is 3.12. The van der Waals surface area contributed by atoms with Gasteiger partial charge in [-0.25, -0.2) is 14.3 Å². The first-order chi connectivity index (χ1) is 9.79. The molecule has 3 rings (SSSR count). The molecule has 20 heavy (non-hydrogen) atoms. The summed E-state index contributed by atoms with van der Waals surface area (Å²) in [5.41, 5.74) is 1.34. The van der Waals surface area contributed by atoms with Crippen LogP contribution < -0.4 is 10.4 Å². The molecule has 0 radical (unpaired) electrons. The number of rotatable bonds is 4. The SMILES string of the molecule is CCCc1c(Oc2ccccc2)ccn2c(=O)[nH]nc12. The van der Waals surface area contributed by atoms with Crippen molar-refractivity contribution in [3.63, 3.8) is 0 Å². The van der Waals surface area contributed by atoms with Crippen LogP contribution in [0.25, 0.3) is 5.65 Å². The normalized spacial score (nSPS) is 10.8. The highest BCUT2D eigenvalue weighted by atomic mass is 16.5. The molecular formula is C15H15N3O2. The first-order valence-corrected chi connectivity index (χ1v) is 6.61. The first kappa shape index (κ1) is 12.5. The van der Waals surface area contributed by atoms with Crippen molar-refractivity contribution in [2.75, 3.05) is 0 Å². The van der Waals surface area contributed by atoms with E-state index in [1.54, 1.807) is 6.20 Å².